The number of methoxy groups -OCH3 is 1. The molecule has 0 saturated heterocycles. The molecule has 0 aliphatic carbocycles. The first-order valence-corrected chi connectivity index (χ1v) is 5.93. The Morgan fingerprint density at radius 2 is 2.20 bits per heavy atom. The minimum atomic E-state index is 0.610. The molecule has 0 N–H and O–H groups in total. The van der Waals surface area contributed by atoms with Crippen LogP contribution in [0.25, 0.3) is 10.9 Å². The van der Waals surface area contributed by atoms with E-state index in [-0.39, 0.29) is 0 Å². The second kappa shape index (κ2) is 4.37. The van der Waals surface area contributed by atoms with Crippen molar-refractivity contribution >= 4 is 38.4 Å². The van der Waals surface area contributed by atoms with Crippen molar-refractivity contribution < 1.29 is 4.74 Å². The van der Waals surface area contributed by atoms with E-state index in [2.05, 4.69) is 20.9 Å². The predicted octanol–water partition coefficient (Wildman–Crippen LogP) is 3.79. The topological polar surface area (TPSA) is 22.1 Å². The molecular weight excluding hydrogens is 277 g/mol. The van der Waals surface area contributed by atoms with Crippen LogP contribution in [0.2, 0.25) is 5.02 Å². The molecule has 2 nitrogen and oxygen atoms in total. The van der Waals surface area contributed by atoms with E-state index in [0.717, 1.165) is 21.8 Å². The van der Waals surface area contributed by atoms with Crippen LogP contribution in [0.1, 0.15) is 5.56 Å². The lowest BCUT2D eigenvalue weighted by molar-refractivity contribution is 0.399. The molecule has 1 heterocycles. The van der Waals surface area contributed by atoms with Gasteiger partial charge in [-0.1, -0.05) is 33.6 Å². The zero-order valence-corrected chi connectivity index (χ0v) is 10.5. The Kier molecular flexibility index (Phi) is 3.12. The van der Waals surface area contributed by atoms with Crippen LogP contribution < -0.4 is 4.74 Å². The highest BCUT2D eigenvalue weighted by Gasteiger charge is 2.05. The minimum absolute atomic E-state index is 0.610. The first-order valence-electron chi connectivity index (χ1n) is 4.43. The number of fused-ring (bicyclic) bond motifs is 1. The fourth-order valence-corrected chi connectivity index (χ4v) is 2.09. The summed E-state index contributed by atoms with van der Waals surface area (Å²) in [6.07, 6.45) is 0. The van der Waals surface area contributed by atoms with Gasteiger partial charge >= 0.3 is 0 Å². The van der Waals surface area contributed by atoms with Gasteiger partial charge in [-0.15, -0.1) is 0 Å². The molecule has 0 saturated carbocycles. The molecule has 0 amide bonds. The zero-order valence-electron chi connectivity index (χ0n) is 8.13. The number of aromatic nitrogens is 1. The lowest BCUT2D eigenvalue weighted by atomic mass is 10.1. The van der Waals surface area contributed by atoms with Crippen molar-refractivity contribution in [2.45, 2.75) is 5.33 Å². The average Bonchev–Trinajstić information content (AvgIpc) is 2.26. The monoisotopic (exact) mass is 285 g/mol. The Labute approximate surface area is 101 Å². The van der Waals surface area contributed by atoms with Gasteiger partial charge in [0.15, 0.2) is 0 Å². The van der Waals surface area contributed by atoms with Gasteiger partial charge in [0.25, 0.3) is 0 Å². The molecule has 0 aliphatic heterocycles. The molecule has 1 aromatic carbocycles. The van der Waals surface area contributed by atoms with E-state index < -0.39 is 0 Å². The molecule has 0 aliphatic rings. The van der Waals surface area contributed by atoms with Gasteiger partial charge < -0.3 is 4.74 Å². The summed E-state index contributed by atoms with van der Waals surface area (Å²) >= 11 is 9.36. The highest BCUT2D eigenvalue weighted by atomic mass is 79.9. The van der Waals surface area contributed by atoms with E-state index >= 15 is 0 Å². The van der Waals surface area contributed by atoms with Crippen LogP contribution in [0.5, 0.6) is 5.88 Å². The molecule has 4 heteroatoms. The number of pyridine rings is 1. The smallest absolute Gasteiger partial charge is 0.213 e. The molecule has 0 bridgehead atoms. The predicted molar refractivity (Wildman–Crippen MR) is 65.9 cm³/mol. The van der Waals surface area contributed by atoms with Crippen molar-refractivity contribution in [3.8, 4) is 5.88 Å². The molecule has 15 heavy (non-hydrogen) atoms. The van der Waals surface area contributed by atoms with Crippen LogP contribution in [0.3, 0.4) is 0 Å². The van der Waals surface area contributed by atoms with Crippen molar-refractivity contribution in [1.82, 2.24) is 4.98 Å². The Balaban J connectivity index is 2.74. The van der Waals surface area contributed by atoms with Gasteiger partial charge in [0, 0.05) is 21.8 Å². The van der Waals surface area contributed by atoms with Crippen LogP contribution in [-0.4, -0.2) is 12.1 Å². The SMILES string of the molecule is COc1cc(CBr)c2ccc(Cl)cc2n1. The maximum atomic E-state index is 5.92. The average molecular weight is 287 g/mol. The fraction of sp³-hybridized carbons (Fsp3) is 0.182. The first kappa shape index (κ1) is 10.7. The summed E-state index contributed by atoms with van der Waals surface area (Å²) in [6.45, 7) is 0. The molecule has 2 rings (SSSR count). The van der Waals surface area contributed by atoms with E-state index in [0.29, 0.717) is 10.9 Å². The lowest BCUT2D eigenvalue weighted by Gasteiger charge is -2.06. The molecule has 0 unspecified atom stereocenters. The standard InChI is InChI=1S/C11H9BrClNO/c1-15-11-4-7(6-12)9-3-2-8(13)5-10(9)14-11/h2-5H,6H2,1H3. The Morgan fingerprint density at radius 1 is 1.40 bits per heavy atom. The van der Waals surface area contributed by atoms with Crippen molar-refractivity contribution in [1.29, 1.82) is 0 Å². The number of rotatable bonds is 2. The molecule has 2 aromatic rings. The molecule has 0 spiro atoms. The summed E-state index contributed by atoms with van der Waals surface area (Å²) in [6, 6.07) is 7.60. The zero-order chi connectivity index (χ0) is 10.8. The summed E-state index contributed by atoms with van der Waals surface area (Å²) in [5, 5.41) is 2.55. The highest BCUT2D eigenvalue weighted by molar-refractivity contribution is 9.08. The fourth-order valence-electron chi connectivity index (χ4n) is 1.46. The van der Waals surface area contributed by atoms with Gasteiger partial charge in [-0.05, 0) is 17.7 Å². The first-order chi connectivity index (χ1) is 7.24. The third-order valence-electron chi connectivity index (χ3n) is 2.19. The second-order valence-electron chi connectivity index (χ2n) is 3.12. The number of benzene rings is 1. The summed E-state index contributed by atoms with van der Waals surface area (Å²) in [5.74, 6) is 0.610. The minimum Gasteiger partial charge on any atom is -0.481 e. The van der Waals surface area contributed by atoms with E-state index in [1.165, 1.54) is 0 Å². The van der Waals surface area contributed by atoms with Crippen LogP contribution in [-0.2, 0) is 5.33 Å². The number of nitrogens with zero attached hydrogens (tertiary/aromatic N) is 1. The summed E-state index contributed by atoms with van der Waals surface area (Å²) in [7, 11) is 1.61. The lowest BCUT2D eigenvalue weighted by Crippen LogP contribution is -1.91. The highest BCUT2D eigenvalue weighted by Crippen LogP contribution is 2.26. The number of hydrogen-bond acceptors (Lipinski definition) is 2. The second-order valence-corrected chi connectivity index (χ2v) is 4.12. The van der Waals surface area contributed by atoms with Gasteiger partial charge in [0.05, 0.1) is 12.6 Å². The Morgan fingerprint density at radius 3 is 2.87 bits per heavy atom. The summed E-state index contributed by atoms with van der Waals surface area (Å²) in [4.78, 5) is 4.34. The van der Waals surface area contributed by atoms with E-state index in [1.807, 2.05) is 24.3 Å². The van der Waals surface area contributed by atoms with Crippen LogP contribution in [0, 0.1) is 0 Å². The number of ether oxygens (including phenoxy) is 1. The van der Waals surface area contributed by atoms with E-state index in [1.54, 1.807) is 7.11 Å². The van der Waals surface area contributed by atoms with Gasteiger partial charge in [-0.25, -0.2) is 4.98 Å². The normalized spacial score (nSPS) is 10.6. The number of hydrogen-bond donors (Lipinski definition) is 0. The van der Waals surface area contributed by atoms with Gasteiger partial charge in [0.2, 0.25) is 5.88 Å². The van der Waals surface area contributed by atoms with Crippen molar-refractivity contribution in [2.24, 2.45) is 0 Å². The Hall–Kier alpha value is -0.800. The Bertz CT molecular complexity index is 501. The van der Waals surface area contributed by atoms with Crippen molar-refractivity contribution in [3.63, 3.8) is 0 Å². The van der Waals surface area contributed by atoms with Gasteiger partial charge in [-0.2, -0.15) is 0 Å². The molecule has 78 valence electrons. The third-order valence-corrected chi connectivity index (χ3v) is 3.03. The molecule has 1 aromatic heterocycles. The molecule has 0 fully saturated rings. The van der Waals surface area contributed by atoms with Gasteiger partial charge in [-0.3, -0.25) is 0 Å². The van der Waals surface area contributed by atoms with E-state index in [9.17, 15) is 0 Å². The van der Waals surface area contributed by atoms with Crippen molar-refractivity contribution in [2.75, 3.05) is 7.11 Å². The largest absolute Gasteiger partial charge is 0.481 e. The molecule has 0 radical (unpaired) electrons. The van der Waals surface area contributed by atoms with Crippen LogP contribution in [0.15, 0.2) is 24.3 Å². The summed E-state index contributed by atoms with van der Waals surface area (Å²) < 4.78 is 5.13. The number of alkyl halides is 1. The maximum absolute atomic E-state index is 5.92. The van der Waals surface area contributed by atoms with E-state index in [4.69, 9.17) is 16.3 Å². The van der Waals surface area contributed by atoms with Crippen LogP contribution >= 0.6 is 27.5 Å². The maximum Gasteiger partial charge on any atom is 0.213 e. The third kappa shape index (κ3) is 2.08. The van der Waals surface area contributed by atoms with Gasteiger partial charge in [0.1, 0.15) is 0 Å². The molecular formula is C11H9BrClNO. The summed E-state index contributed by atoms with van der Waals surface area (Å²) in [5.41, 5.74) is 2.00. The molecule has 0 atom stereocenters. The quantitative estimate of drug-likeness (QED) is 0.784. The number of halogens is 2. The van der Waals surface area contributed by atoms with Crippen molar-refractivity contribution in [3.05, 3.63) is 34.9 Å². The van der Waals surface area contributed by atoms with Crippen LogP contribution in [0.4, 0.5) is 0 Å².